The summed E-state index contributed by atoms with van der Waals surface area (Å²) < 4.78 is 5.39. The molecule has 0 unspecified atom stereocenters. The Morgan fingerprint density at radius 1 is 1.04 bits per heavy atom. The first-order valence-electron chi connectivity index (χ1n) is 7.89. The molecule has 0 aliphatic rings. The van der Waals surface area contributed by atoms with Crippen LogP contribution in [0, 0.1) is 0 Å². The number of benzene rings is 2. The van der Waals surface area contributed by atoms with Gasteiger partial charge in [0.15, 0.2) is 0 Å². The van der Waals surface area contributed by atoms with Crippen LogP contribution in [0.5, 0.6) is 5.75 Å². The Labute approximate surface area is 140 Å². The second kappa shape index (κ2) is 6.13. The lowest BCUT2D eigenvalue weighted by molar-refractivity contribution is 0.0661. The number of hydrogen-bond acceptors (Lipinski definition) is 4. The summed E-state index contributed by atoms with van der Waals surface area (Å²) in [4.78, 5) is 12.5. The van der Waals surface area contributed by atoms with E-state index in [1.165, 1.54) is 0 Å². The smallest absolute Gasteiger partial charge is 0.343 e. The Bertz CT molecular complexity index is 904. The van der Waals surface area contributed by atoms with Gasteiger partial charge in [-0.05, 0) is 38.0 Å². The summed E-state index contributed by atoms with van der Waals surface area (Å²) in [5, 5.41) is 21.5. The Morgan fingerprint density at radius 2 is 1.67 bits per heavy atom. The number of rotatable bonds is 4. The van der Waals surface area contributed by atoms with Crippen molar-refractivity contribution in [3.8, 4) is 5.75 Å². The Balaban J connectivity index is 2.25. The van der Waals surface area contributed by atoms with Crippen molar-refractivity contribution in [2.24, 2.45) is 0 Å². The molecule has 0 bridgehead atoms. The summed E-state index contributed by atoms with van der Waals surface area (Å²) in [7, 11) is 0. The van der Waals surface area contributed by atoms with Crippen LogP contribution in [0.1, 0.15) is 37.3 Å². The summed E-state index contributed by atoms with van der Waals surface area (Å²) >= 11 is 0. The molecule has 1 heterocycles. The highest BCUT2D eigenvalue weighted by Gasteiger charge is 2.29. The second-order valence-electron chi connectivity index (χ2n) is 6.63. The van der Waals surface area contributed by atoms with E-state index in [1.54, 1.807) is 38.1 Å². The average molecular weight is 324 g/mol. The predicted octanol–water partition coefficient (Wildman–Crippen LogP) is 3.79. The van der Waals surface area contributed by atoms with E-state index in [0.29, 0.717) is 11.0 Å². The van der Waals surface area contributed by atoms with E-state index >= 15 is 0 Å². The lowest BCUT2D eigenvalue weighted by atomic mass is 9.83. The van der Waals surface area contributed by atoms with Gasteiger partial charge in [0.05, 0.1) is 16.6 Å². The molecule has 3 rings (SSSR count). The standard InChI is InChI=1S/C20H20O4/c1-20(2,23)12-15(13-8-4-3-5-9-13)17-18(21)14-10-6-7-11-16(14)24-19(17)22/h3-11,15,21,23H,12H2,1-2H3/t15-/m1/s1. The van der Waals surface area contributed by atoms with E-state index in [2.05, 4.69) is 0 Å². The van der Waals surface area contributed by atoms with E-state index < -0.39 is 17.1 Å². The SMILES string of the molecule is CC(C)(O)C[C@H](c1ccccc1)c1c(O)c2ccccc2oc1=O. The number of fused-ring (bicyclic) bond motifs is 1. The van der Waals surface area contributed by atoms with Gasteiger partial charge in [-0.15, -0.1) is 0 Å². The van der Waals surface area contributed by atoms with Crippen molar-refractivity contribution >= 4 is 11.0 Å². The zero-order chi connectivity index (χ0) is 17.3. The van der Waals surface area contributed by atoms with Crippen LogP contribution in [-0.2, 0) is 0 Å². The normalized spacial score (nSPS) is 13.1. The molecule has 2 aromatic carbocycles. The Kier molecular flexibility index (Phi) is 4.16. The van der Waals surface area contributed by atoms with Crippen LogP contribution in [0.3, 0.4) is 0 Å². The number of para-hydroxylation sites is 1. The molecule has 1 aromatic heterocycles. The third kappa shape index (κ3) is 3.19. The van der Waals surface area contributed by atoms with Crippen molar-refractivity contribution in [2.75, 3.05) is 0 Å². The maximum atomic E-state index is 12.5. The molecule has 24 heavy (non-hydrogen) atoms. The molecule has 0 saturated carbocycles. The van der Waals surface area contributed by atoms with Crippen LogP contribution >= 0.6 is 0 Å². The topological polar surface area (TPSA) is 70.7 Å². The van der Waals surface area contributed by atoms with Crippen molar-refractivity contribution in [1.29, 1.82) is 0 Å². The number of hydrogen-bond donors (Lipinski definition) is 2. The number of aliphatic hydroxyl groups is 1. The maximum Gasteiger partial charge on any atom is 0.343 e. The fourth-order valence-corrected chi connectivity index (χ4v) is 3.03. The molecule has 0 amide bonds. The molecule has 3 aromatic rings. The fraction of sp³-hybridized carbons (Fsp3) is 0.250. The highest BCUT2D eigenvalue weighted by atomic mass is 16.4. The Morgan fingerprint density at radius 3 is 2.33 bits per heavy atom. The highest BCUT2D eigenvalue weighted by Crippen LogP contribution is 2.38. The van der Waals surface area contributed by atoms with Crippen LogP contribution in [-0.4, -0.2) is 15.8 Å². The van der Waals surface area contributed by atoms with Crippen LogP contribution < -0.4 is 5.63 Å². The summed E-state index contributed by atoms with van der Waals surface area (Å²) in [5.41, 5.74) is -0.215. The molecule has 4 heteroatoms. The van der Waals surface area contributed by atoms with E-state index in [-0.39, 0.29) is 17.7 Å². The highest BCUT2D eigenvalue weighted by molar-refractivity contribution is 5.84. The first kappa shape index (κ1) is 16.3. The van der Waals surface area contributed by atoms with Gasteiger partial charge in [-0.25, -0.2) is 4.79 Å². The summed E-state index contributed by atoms with van der Waals surface area (Å²) in [5.74, 6) is -0.549. The summed E-state index contributed by atoms with van der Waals surface area (Å²) in [6.07, 6.45) is 0.285. The largest absolute Gasteiger partial charge is 0.507 e. The van der Waals surface area contributed by atoms with Gasteiger partial charge in [0.2, 0.25) is 0 Å². The van der Waals surface area contributed by atoms with E-state index in [0.717, 1.165) is 5.56 Å². The molecule has 1 atom stereocenters. The molecule has 0 spiro atoms. The van der Waals surface area contributed by atoms with Gasteiger partial charge >= 0.3 is 5.63 Å². The fourth-order valence-electron chi connectivity index (χ4n) is 3.03. The van der Waals surface area contributed by atoms with Crippen molar-refractivity contribution in [1.82, 2.24) is 0 Å². The second-order valence-corrected chi connectivity index (χ2v) is 6.63. The van der Waals surface area contributed by atoms with Gasteiger partial charge in [-0.3, -0.25) is 0 Å². The van der Waals surface area contributed by atoms with E-state index in [4.69, 9.17) is 4.42 Å². The monoisotopic (exact) mass is 324 g/mol. The molecule has 124 valence electrons. The molecular formula is C20H20O4. The van der Waals surface area contributed by atoms with Crippen LogP contribution in [0.2, 0.25) is 0 Å². The molecule has 0 saturated heterocycles. The van der Waals surface area contributed by atoms with E-state index in [1.807, 2.05) is 30.3 Å². The molecule has 0 aliphatic carbocycles. The van der Waals surface area contributed by atoms with Gasteiger partial charge in [-0.2, -0.15) is 0 Å². The summed E-state index contributed by atoms with van der Waals surface area (Å²) in [6.45, 7) is 3.37. The minimum absolute atomic E-state index is 0.0834. The van der Waals surface area contributed by atoms with Gasteiger partial charge in [0.25, 0.3) is 0 Å². The molecule has 0 aliphatic heterocycles. The van der Waals surface area contributed by atoms with Gasteiger partial charge in [0, 0.05) is 5.92 Å². The minimum Gasteiger partial charge on any atom is -0.507 e. The predicted molar refractivity (Wildman–Crippen MR) is 93.3 cm³/mol. The van der Waals surface area contributed by atoms with Crippen molar-refractivity contribution < 1.29 is 14.6 Å². The first-order chi connectivity index (χ1) is 11.4. The van der Waals surface area contributed by atoms with Crippen molar-refractivity contribution in [2.45, 2.75) is 31.8 Å². The van der Waals surface area contributed by atoms with Crippen molar-refractivity contribution in [3.63, 3.8) is 0 Å². The molecule has 0 radical (unpaired) electrons. The molecule has 2 N–H and O–H groups in total. The average Bonchev–Trinajstić information content (AvgIpc) is 2.53. The summed E-state index contributed by atoms with van der Waals surface area (Å²) in [6, 6.07) is 16.3. The van der Waals surface area contributed by atoms with Crippen LogP contribution in [0.4, 0.5) is 0 Å². The lowest BCUT2D eigenvalue weighted by Crippen LogP contribution is -2.25. The molecule has 0 fully saturated rings. The van der Waals surface area contributed by atoms with Gasteiger partial charge < -0.3 is 14.6 Å². The first-order valence-corrected chi connectivity index (χ1v) is 7.89. The van der Waals surface area contributed by atoms with Crippen molar-refractivity contribution in [3.05, 3.63) is 76.1 Å². The quantitative estimate of drug-likeness (QED) is 0.716. The number of aromatic hydroxyl groups is 1. The van der Waals surface area contributed by atoms with Crippen LogP contribution in [0.15, 0.2) is 63.8 Å². The minimum atomic E-state index is -1.01. The molecule has 4 nitrogen and oxygen atoms in total. The van der Waals surface area contributed by atoms with E-state index in [9.17, 15) is 15.0 Å². The third-order valence-corrected chi connectivity index (χ3v) is 4.07. The van der Waals surface area contributed by atoms with Crippen LogP contribution in [0.25, 0.3) is 11.0 Å². The Hall–Kier alpha value is -2.59. The zero-order valence-corrected chi connectivity index (χ0v) is 13.7. The van der Waals surface area contributed by atoms with Gasteiger partial charge in [0.1, 0.15) is 11.3 Å². The molecular weight excluding hydrogens is 304 g/mol. The lowest BCUT2D eigenvalue weighted by Gasteiger charge is -2.25. The third-order valence-electron chi connectivity index (χ3n) is 4.07. The zero-order valence-electron chi connectivity index (χ0n) is 13.7. The maximum absolute atomic E-state index is 12.5. The van der Waals surface area contributed by atoms with Gasteiger partial charge in [-0.1, -0.05) is 42.5 Å².